The second kappa shape index (κ2) is 4.44. The number of hydrogen-bond donors (Lipinski definition) is 1. The van der Waals surface area contributed by atoms with E-state index in [1.54, 1.807) is 24.3 Å². The van der Waals surface area contributed by atoms with Gasteiger partial charge in [-0.05, 0) is 33.6 Å². The summed E-state index contributed by atoms with van der Waals surface area (Å²) in [6.07, 6.45) is 1.46. The Hall–Kier alpha value is -0.800. The van der Waals surface area contributed by atoms with Crippen LogP contribution in [0.4, 0.5) is 0 Å². The van der Waals surface area contributed by atoms with E-state index < -0.39 is 5.97 Å². The predicted molar refractivity (Wildman–Crippen MR) is 56.0 cm³/mol. The number of aliphatic carboxylic acids is 1. The highest BCUT2D eigenvalue weighted by atomic mass is 79.9. The minimum atomic E-state index is -1.01. The molecule has 0 atom stereocenters. The van der Waals surface area contributed by atoms with Gasteiger partial charge in [-0.1, -0.05) is 29.8 Å². The molecule has 1 N–H and O–H groups in total. The molecule has 0 amide bonds. The van der Waals surface area contributed by atoms with Crippen LogP contribution in [0.1, 0.15) is 5.56 Å². The summed E-state index contributed by atoms with van der Waals surface area (Å²) in [5.41, 5.74) is 0.679. The van der Waals surface area contributed by atoms with Gasteiger partial charge in [0.15, 0.2) is 0 Å². The predicted octanol–water partition coefficient (Wildman–Crippen LogP) is 3.16. The lowest BCUT2D eigenvalue weighted by Crippen LogP contribution is -1.92. The van der Waals surface area contributed by atoms with E-state index in [0.29, 0.717) is 10.6 Å². The van der Waals surface area contributed by atoms with Gasteiger partial charge < -0.3 is 5.11 Å². The number of carboxylic acids is 1. The molecule has 1 aromatic carbocycles. The first kappa shape index (κ1) is 10.3. The van der Waals surface area contributed by atoms with Gasteiger partial charge in [-0.2, -0.15) is 0 Å². The van der Waals surface area contributed by atoms with Crippen LogP contribution in [0.25, 0.3) is 6.08 Å². The molecule has 4 heteroatoms. The fourth-order valence-corrected chi connectivity index (χ4v) is 1.23. The summed E-state index contributed by atoms with van der Waals surface area (Å²) in [4.78, 5) is 10.5. The molecule has 0 aliphatic rings. The molecule has 68 valence electrons. The van der Waals surface area contributed by atoms with Gasteiger partial charge in [0, 0.05) is 5.02 Å². The Labute approximate surface area is 89.0 Å². The normalized spacial score (nSPS) is 11.4. The van der Waals surface area contributed by atoms with Crippen LogP contribution in [-0.4, -0.2) is 11.1 Å². The minimum absolute atomic E-state index is 0.0839. The molecule has 1 aromatic rings. The van der Waals surface area contributed by atoms with Gasteiger partial charge in [0.05, 0.1) is 0 Å². The topological polar surface area (TPSA) is 37.3 Å². The Morgan fingerprint density at radius 3 is 2.62 bits per heavy atom. The van der Waals surface area contributed by atoms with E-state index in [9.17, 15) is 4.79 Å². The summed E-state index contributed by atoms with van der Waals surface area (Å²) in [7, 11) is 0. The van der Waals surface area contributed by atoms with E-state index >= 15 is 0 Å². The Morgan fingerprint density at radius 1 is 1.46 bits per heavy atom. The van der Waals surface area contributed by atoms with Crippen molar-refractivity contribution in [2.45, 2.75) is 0 Å². The maximum absolute atomic E-state index is 10.5. The van der Waals surface area contributed by atoms with Crippen LogP contribution in [0.3, 0.4) is 0 Å². The third kappa shape index (κ3) is 2.86. The van der Waals surface area contributed by atoms with Crippen LogP contribution in [0, 0.1) is 0 Å². The molecule has 0 saturated heterocycles. The third-order valence-corrected chi connectivity index (χ3v) is 2.30. The van der Waals surface area contributed by atoms with E-state index in [2.05, 4.69) is 15.9 Å². The number of rotatable bonds is 2. The van der Waals surface area contributed by atoms with Crippen molar-refractivity contribution in [1.29, 1.82) is 0 Å². The number of carboxylic acid groups (broad SMARTS) is 1. The zero-order chi connectivity index (χ0) is 9.84. The Bertz CT molecular complexity index is 360. The van der Waals surface area contributed by atoms with Gasteiger partial charge in [0.1, 0.15) is 4.48 Å². The first-order valence-corrected chi connectivity index (χ1v) is 4.63. The Morgan fingerprint density at radius 2 is 2.08 bits per heavy atom. The van der Waals surface area contributed by atoms with Crippen molar-refractivity contribution in [2.24, 2.45) is 0 Å². The molecule has 0 fully saturated rings. The van der Waals surface area contributed by atoms with E-state index in [-0.39, 0.29) is 4.48 Å². The van der Waals surface area contributed by atoms with Crippen molar-refractivity contribution < 1.29 is 9.90 Å². The van der Waals surface area contributed by atoms with Crippen LogP contribution in [0.15, 0.2) is 28.7 Å². The minimum Gasteiger partial charge on any atom is -0.477 e. The van der Waals surface area contributed by atoms with Gasteiger partial charge in [0.2, 0.25) is 0 Å². The molecule has 2 nitrogen and oxygen atoms in total. The lowest BCUT2D eigenvalue weighted by molar-refractivity contribution is -0.131. The molecule has 0 heterocycles. The van der Waals surface area contributed by atoms with E-state index in [0.717, 1.165) is 0 Å². The van der Waals surface area contributed by atoms with Gasteiger partial charge in [-0.25, -0.2) is 4.79 Å². The third-order valence-electron chi connectivity index (χ3n) is 1.39. The van der Waals surface area contributed by atoms with Crippen LogP contribution in [0.5, 0.6) is 0 Å². The molecular weight excluding hydrogens is 255 g/mol. The Kier molecular flexibility index (Phi) is 3.51. The average Bonchev–Trinajstić information content (AvgIpc) is 2.08. The molecule has 0 unspecified atom stereocenters. The molecule has 0 spiro atoms. The zero-order valence-corrected chi connectivity index (χ0v) is 8.84. The van der Waals surface area contributed by atoms with Crippen molar-refractivity contribution in [3.05, 3.63) is 39.3 Å². The number of benzene rings is 1. The molecule has 13 heavy (non-hydrogen) atoms. The number of hydrogen-bond acceptors (Lipinski definition) is 1. The van der Waals surface area contributed by atoms with Crippen molar-refractivity contribution in [1.82, 2.24) is 0 Å². The van der Waals surface area contributed by atoms with Crippen LogP contribution >= 0.6 is 27.5 Å². The van der Waals surface area contributed by atoms with Crippen LogP contribution < -0.4 is 0 Å². The quantitative estimate of drug-likeness (QED) is 0.830. The maximum atomic E-state index is 10.5. The van der Waals surface area contributed by atoms with Gasteiger partial charge in [-0.15, -0.1) is 0 Å². The van der Waals surface area contributed by atoms with Gasteiger partial charge in [0.25, 0.3) is 0 Å². The van der Waals surface area contributed by atoms with E-state index in [1.807, 2.05) is 0 Å². The van der Waals surface area contributed by atoms with Crippen LogP contribution in [0.2, 0.25) is 5.02 Å². The smallest absolute Gasteiger partial charge is 0.342 e. The monoisotopic (exact) mass is 260 g/mol. The zero-order valence-electron chi connectivity index (χ0n) is 6.50. The highest BCUT2D eigenvalue weighted by Crippen LogP contribution is 2.20. The average molecular weight is 262 g/mol. The molecular formula is C9H6BrClO2. The maximum Gasteiger partial charge on any atom is 0.342 e. The molecule has 0 aliphatic carbocycles. The summed E-state index contributed by atoms with van der Waals surface area (Å²) in [6, 6.07) is 7.02. The Balaban J connectivity index is 3.04. The van der Waals surface area contributed by atoms with E-state index in [4.69, 9.17) is 16.7 Å². The number of carbonyl (C=O) groups is 1. The highest BCUT2D eigenvalue weighted by molar-refractivity contribution is 9.12. The summed E-state index contributed by atoms with van der Waals surface area (Å²) < 4.78 is 0.0839. The SMILES string of the molecule is O=C(O)/C(Br)=C/c1ccccc1Cl. The number of halogens is 2. The lowest BCUT2D eigenvalue weighted by atomic mass is 10.2. The summed E-state index contributed by atoms with van der Waals surface area (Å²) in [6.45, 7) is 0. The molecule has 1 rings (SSSR count). The molecule has 0 bridgehead atoms. The van der Waals surface area contributed by atoms with Crippen molar-refractivity contribution in [3.8, 4) is 0 Å². The summed E-state index contributed by atoms with van der Waals surface area (Å²) in [5, 5.41) is 9.10. The fourth-order valence-electron chi connectivity index (χ4n) is 0.790. The largest absolute Gasteiger partial charge is 0.477 e. The highest BCUT2D eigenvalue weighted by Gasteiger charge is 2.03. The molecule has 0 aliphatic heterocycles. The second-order valence-corrected chi connectivity index (χ2v) is 3.58. The summed E-state index contributed by atoms with van der Waals surface area (Å²) in [5.74, 6) is -1.01. The molecule has 0 aromatic heterocycles. The van der Waals surface area contributed by atoms with Crippen molar-refractivity contribution in [3.63, 3.8) is 0 Å². The van der Waals surface area contributed by atoms with Crippen molar-refractivity contribution >= 4 is 39.6 Å². The standard InChI is InChI=1S/C9H6BrClO2/c10-7(9(12)13)5-6-3-1-2-4-8(6)11/h1-5H,(H,12,13)/b7-5-. The fraction of sp³-hybridized carbons (Fsp3) is 0. The first-order chi connectivity index (χ1) is 6.11. The lowest BCUT2D eigenvalue weighted by Gasteiger charge is -1.96. The van der Waals surface area contributed by atoms with E-state index in [1.165, 1.54) is 6.08 Å². The summed E-state index contributed by atoms with van der Waals surface area (Å²) >= 11 is 8.73. The van der Waals surface area contributed by atoms with Crippen molar-refractivity contribution in [2.75, 3.05) is 0 Å². The van der Waals surface area contributed by atoms with Gasteiger partial charge >= 0.3 is 5.97 Å². The second-order valence-electron chi connectivity index (χ2n) is 2.32. The van der Waals surface area contributed by atoms with Crippen LogP contribution in [-0.2, 0) is 4.79 Å². The molecule has 0 radical (unpaired) electrons. The van der Waals surface area contributed by atoms with Gasteiger partial charge in [-0.3, -0.25) is 0 Å². The first-order valence-electron chi connectivity index (χ1n) is 3.46. The molecule has 0 saturated carbocycles.